The Labute approximate surface area is 178 Å². The molecule has 1 aliphatic rings. The second-order valence-electron chi connectivity index (χ2n) is 8.97. The number of rotatable bonds is 4. The van der Waals surface area contributed by atoms with Gasteiger partial charge in [0.1, 0.15) is 5.75 Å². The molecule has 1 aliphatic heterocycles. The molecule has 0 saturated carbocycles. The van der Waals surface area contributed by atoms with Crippen LogP contribution in [-0.2, 0) is 10.8 Å². The van der Waals surface area contributed by atoms with Crippen LogP contribution in [0.1, 0.15) is 70.0 Å². The van der Waals surface area contributed by atoms with E-state index in [9.17, 15) is 9.90 Å². The average Bonchev–Trinajstić information content (AvgIpc) is 2.85. The lowest BCUT2D eigenvalue weighted by molar-refractivity contribution is 0.0958. The summed E-state index contributed by atoms with van der Waals surface area (Å²) in [4.78, 5) is 16.3. The van der Waals surface area contributed by atoms with Gasteiger partial charge in [0, 0.05) is 27.3 Å². The van der Waals surface area contributed by atoms with Gasteiger partial charge in [0.15, 0.2) is 5.78 Å². The summed E-state index contributed by atoms with van der Waals surface area (Å²) in [5.41, 5.74) is 2.93. The summed E-state index contributed by atoms with van der Waals surface area (Å²) in [6.07, 6.45) is 1.85. The summed E-state index contributed by atoms with van der Waals surface area (Å²) in [5, 5.41) is 10.8. The minimum absolute atomic E-state index is 0. The number of phenolic OH excluding ortho intramolecular Hbond substituents is 1. The minimum Gasteiger partial charge on any atom is -0.507 e. The zero-order chi connectivity index (χ0) is 19.9. The van der Waals surface area contributed by atoms with Crippen LogP contribution >= 0.6 is 28.7 Å². The number of carbonyl (C=O) groups is 1. The number of nitrogens with zero attached hydrogens (tertiary/aromatic N) is 1. The average molecular weight is 454 g/mol. The first-order valence-corrected chi connectivity index (χ1v) is 9.97. The summed E-state index contributed by atoms with van der Waals surface area (Å²) in [7, 11) is 0. The molecule has 27 heavy (non-hydrogen) atoms. The van der Waals surface area contributed by atoms with Gasteiger partial charge in [-0.25, -0.2) is 0 Å². The Hall–Kier alpha value is -1.20. The molecule has 0 radical (unpaired) electrons. The van der Waals surface area contributed by atoms with E-state index in [2.05, 4.69) is 53.0 Å². The third-order valence-electron chi connectivity index (χ3n) is 4.77. The van der Waals surface area contributed by atoms with Gasteiger partial charge in [-0.15, -0.1) is 28.7 Å². The summed E-state index contributed by atoms with van der Waals surface area (Å²) in [5.74, 6) is 1.16. The Morgan fingerprint density at radius 3 is 2.04 bits per heavy atom. The van der Waals surface area contributed by atoms with Gasteiger partial charge in [0.05, 0.1) is 12.4 Å². The van der Waals surface area contributed by atoms with Crippen molar-refractivity contribution >= 4 is 34.5 Å². The Kier molecular flexibility index (Phi) is 7.45. The quantitative estimate of drug-likeness (QED) is 0.553. The lowest BCUT2D eigenvalue weighted by atomic mass is 9.78. The maximum atomic E-state index is 13.0. The molecule has 0 aromatic heterocycles. The van der Waals surface area contributed by atoms with Crippen LogP contribution in [0.5, 0.6) is 5.75 Å². The Bertz CT molecular complexity index is 734. The van der Waals surface area contributed by atoms with E-state index in [-0.39, 0.29) is 33.6 Å². The fourth-order valence-electron chi connectivity index (χ4n) is 3.08. The molecule has 0 fully saturated rings. The van der Waals surface area contributed by atoms with Crippen molar-refractivity contribution in [1.29, 1.82) is 0 Å². The molecule has 0 saturated heterocycles. The van der Waals surface area contributed by atoms with Crippen molar-refractivity contribution in [2.24, 2.45) is 0 Å². The van der Waals surface area contributed by atoms with Crippen molar-refractivity contribution < 1.29 is 9.90 Å². The van der Waals surface area contributed by atoms with Crippen LogP contribution in [0.2, 0.25) is 0 Å². The zero-order valence-electron chi connectivity index (χ0n) is 17.5. The highest BCUT2D eigenvalue weighted by atomic mass is 79.9. The van der Waals surface area contributed by atoms with Crippen LogP contribution in [0.25, 0.3) is 0 Å². The Balaban J connectivity index is 0.00000364. The van der Waals surface area contributed by atoms with E-state index in [1.165, 1.54) is 0 Å². The highest BCUT2D eigenvalue weighted by molar-refractivity contribution is 8.93. The Morgan fingerprint density at radius 1 is 1.19 bits per heavy atom. The van der Waals surface area contributed by atoms with Crippen molar-refractivity contribution in [2.45, 2.75) is 59.3 Å². The van der Waals surface area contributed by atoms with Gasteiger partial charge in [-0.1, -0.05) is 54.2 Å². The third-order valence-corrected chi connectivity index (χ3v) is 5.99. The van der Waals surface area contributed by atoms with Gasteiger partial charge in [0.2, 0.25) is 0 Å². The van der Waals surface area contributed by atoms with Crippen molar-refractivity contribution in [3.05, 3.63) is 52.1 Å². The second-order valence-corrected chi connectivity index (χ2v) is 9.96. The number of ketones is 1. The first-order chi connectivity index (χ1) is 11.9. The van der Waals surface area contributed by atoms with Crippen molar-refractivity contribution in [1.82, 2.24) is 4.90 Å². The fourth-order valence-corrected chi connectivity index (χ4v) is 4.11. The van der Waals surface area contributed by atoms with Gasteiger partial charge in [-0.2, -0.15) is 0 Å². The topological polar surface area (TPSA) is 40.5 Å². The largest absolute Gasteiger partial charge is 0.507 e. The molecule has 1 aromatic rings. The van der Waals surface area contributed by atoms with E-state index >= 15 is 0 Å². The highest BCUT2D eigenvalue weighted by Gasteiger charge is 2.28. The van der Waals surface area contributed by atoms with Crippen LogP contribution in [-0.4, -0.2) is 28.2 Å². The fraction of sp³-hybridized carbons (Fsp3) is 0.500. The summed E-state index contributed by atoms with van der Waals surface area (Å²) < 4.78 is 0. The second kappa shape index (κ2) is 8.44. The van der Waals surface area contributed by atoms with Gasteiger partial charge in [-0.3, -0.25) is 4.79 Å². The number of aromatic hydroxyl groups is 1. The normalized spacial score (nSPS) is 15.0. The molecule has 1 heterocycles. The summed E-state index contributed by atoms with van der Waals surface area (Å²) in [6.45, 7) is 18.6. The predicted molar refractivity (Wildman–Crippen MR) is 122 cm³/mol. The number of carbonyl (C=O) groups excluding carboxylic acids is 1. The molecule has 5 heteroatoms. The van der Waals surface area contributed by atoms with E-state index in [4.69, 9.17) is 0 Å². The molecule has 1 N–H and O–H groups in total. The lowest BCUT2D eigenvalue weighted by Gasteiger charge is -2.28. The summed E-state index contributed by atoms with van der Waals surface area (Å²) >= 11 is 1.71. The van der Waals surface area contributed by atoms with E-state index in [1.807, 2.05) is 25.1 Å². The summed E-state index contributed by atoms with van der Waals surface area (Å²) in [6, 6.07) is 3.73. The molecular formula is C22H32BrNO2S. The molecule has 3 nitrogen and oxygen atoms in total. The number of Topliss-reactive ketones (excluding diaryl/α,β-unsaturated/α-hetero) is 1. The van der Waals surface area contributed by atoms with Gasteiger partial charge < -0.3 is 10.0 Å². The first-order valence-electron chi connectivity index (χ1n) is 8.98. The monoisotopic (exact) mass is 453 g/mol. The maximum Gasteiger partial charge on any atom is 0.182 e. The molecule has 1 aromatic carbocycles. The van der Waals surface area contributed by atoms with Gasteiger partial charge in [-0.05, 0) is 29.9 Å². The lowest BCUT2D eigenvalue weighted by Crippen LogP contribution is -2.27. The Morgan fingerprint density at radius 2 is 1.67 bits per heavy atom. The van der Waals surface area contributed by atoms with Crippen molar-refractivity contribution in [3.63, 3.8) is 0 Å². The van der Waals surface area contributed by atoms with Crippen LogP contribution in [0.3, 0.4) is 0 Å². The van der Waals surface area contributed by atoms with Gasteiger partial charge in [0.25, 0.3) is 0 Å². The molecule has 150 valence electrons. The predicted octanol–water partition coefficient (Wildman–Crippen LogP) is 6.17. The molecular weight excluding hydrogens is 422 g/mol. The number of allylic oxidation sites excluding steroid dienone is 2. The van der Waals surface area contributed by atoms with E-state index in [0.29, 0.717) is 17.9 Å². The zero-order valence-corrected chi connectivity index (χ0v) is 20.0. The molecule has 0 bridgehead atoms. The molecule has 0 unspecified atom stereocenters. The highest BCUT2D eigenvalue weighted by Crippen LogP contribution is 2.40. The van der Waals surface area contributed by atoms with Crippen LogP contribution in [0.4, 0.5) is 0 Å². The molecule has 0 spiro atoms. The van der Waals surface area contributed by atoms with Crippen LogP contribution in [0, 0.1) is 0 Å². The number of hydrogen-bond acceptors (Lipinski definition) is 4. The SMILES string of the molecule is Br.C=CC1=C(C)N(CC(=O)c2cc(C(C)(C)C)c(O)c(C(C)(C)C)c2)CS1. The molecule has 0 aliphatic carbocycles. The smallest absolute Gasteiger partial charge is 0.182 e. The van der Waals surface area contributed by atoms with Gasteiger partial charge >= 0.3 is 0 Å². The maximum absolute atomic E-state index is 13.0. The van der Waals surface area contributed by atoms with E-state index < -0.39 is 0 Å². The number of hydrogen-bond donors (Lipinski definition) is 1. The number of halogens is 1. The first kappa shape index (κ1) is 23.8. The standard InChI is InChI=1S/C22H31NO2S.BrH/c1-9-19-14(2)23(13-26-19)12-18(24)15-10-16(21(3,4)5)20(25)17(11-15)22(6,7)8;/h9-11,25H,1,12-13H2,2-8H3;1H. The molecule has 0 atom stereocenters. The van der Waals surface area contributed by atoms with Crippen LogP contribution < -0.4 is 0 Å². The van der Waals surface area contributed by atoms with Crippen LogP contribution in [0.15, 0.2) is 35.4 Å². The molecule has 0 amide bonds. The number of thioether (sulfide) groups is 1. The van der Waals surface area contributed by atoms with Crippen molar-refractivity contribution in [2.75, 3.05) is 12.4 Å². The number of benzene rings is 1. The minimum atomic E-state index is -0.240. The molecule has 2 rings (SSSR count). The number of phenols is 1. The van der Waals surface area contributed by atoms with Crippen molar-refractivity contribution in [3.8, 4) is 5.75 Å². The van der Waals surface area contributed by atoms with E-state index in [0.717, 1.165) is 27.6 Å². The van der Waals surface area contributed by atoms with E-state index in [1.54, 1.807) is 11.8 Å². The third kappa shape index (κ3) is 5.20.